The summed E-state index contributed by atoms with van der Waals surface area (Å²) in [6.07, 6.45) is 0. The van der Waals surface area contributed by atoms with Crippen molar-refractivity contribution in [3.63, 3.8) is 0 Å². The summed E-state index contributed by atoms with van der Waals surface area (Å²) >= 11 is 0. The molecule has 2 rings (SSSR count). The van der Waals surface area contributed by atoms with Crippen LogP contribution in [0.5, 0.6) is 0 Å². The van der Waals surface area contributed by atoms with Crippen LogP contribution in [0.15, 0.2) is 27.4 Å². The Kier molecular flexibility index (Phi) is 5.12. The summed E-state index contributed by atoms with van der Waals surface area (Å²) in [4.78, 5) is 34.1. The molecule has 1 aromatic carbocycles. The van der Waals surface area contributed by atoms with Gasteiger partial charge in [-0.3, -0.25) is 18.9 Å². The molecule has 2 aromatic rings. The number of hydrogen-bond acceptors (Lipinski definition) is 7. The van der Waals surface area contributed by atoms with Gasteiger partial charge in [-0.25, -0.2) is 13.2 Å². The van der Waals surface area contributed by atoms with E-state index in [2.05, 4.69) is 4.72 Å². The van der Waals surface area contributed by atoms with Gasteiger partial charge in [-0.2, -0.15) is 0 Å². The average molecular weight is 386 g/mol. The number of oxazole rings is 1. The molecule has 1 heterocycles. The van der Waals surface area contributed by atoms with Gasteiger partial charge in [-0.15, -0.1) is 0 Å². The molecule has 0 amide bonds. The minimum absolute atomic E-state index is 0.00807. The number of carbonyl (C=O) groups is 2. The number of sulfonamides is 1. The summed E-state index contributed by atoms with van der Waals surface area (Å²) in [7, 11) is -4.04. The van der Waals surface area contributed by atoms with Crippen LogP contribution >= 0.6 is 0 Å². The van der Waals surface area contributed by atoms with Gasteiger partial charge in [0.05, 0.1) is 11.2 Å². The van der Waals surface area contributed by atoms with Crippen molar-refractivity contribution in [2.75, 3.05) is 10.5 Å². The summed E-state index contributed by atoms with van der Waals surface area (Å²) in [5, 5.41) is 8.80. The molecule has 11 heteroatoms. The van der Waals surface area contributed by atoms with Crippen LogP contribution in [-0.2, 0) is 30.9 Å². The first-order chi connectivity index (χ1) is 11.9. The highest BCUT2D eigenvalue weighted by atomic mass is 32.2. The molecule has 0 atom stereocenters. The molecule has 0 aliphatic carbocycles. The number of benzene rings is 1. The van der Waals surface area contributed by atoms with E-state index in [0.29, 0.717) is 0 Å². The zero-order chi connectivity index (χ0) is 19.7. The number of esters is 1. The standard InChI is InChI=1S/C15H18N2O8S/c1-15(2,3)25-13(20)8-26(22,23)16-9-4-5-10-11(6-9)24-14(21)17(10)7-12(18)19/h4-6,16H,7-8H2,1-3H3,(H,18,19). The number of carboxylic acids is 1. The Balaban J connectivity index is 2.22. The van der Waals surface area contributed by atoms with E-state index in [-0.39, 0.29) is 16.8 Å². The third-order valence-corrected chi connectivity index (χ3v) is 4.13. The Morgan fingerprint density at radius 2 is 1.96 bits per heavy atom. The van der Waals surface area contributed by atoms with Gasteiger partial charge in [0.15, 0.2) is 11.3 Å². The lowest BCUT2D eigenvalue weighted by Crippen LogP contribution is -2.30. The maximum atomic E-state index is 12.1. The van der Waals surface area contributed by atoms with Crippen LogP contribution in [0.2, 0.25) is 0 Å². The molecule has 1 aromatic heterocycles. The van der Waals surface area contributed by atoms with Crippen LogP contribution in [0, 0.1) is 0 Å². The van der Waals surface area contributed by atoms with Crippen LogP contribution in [0.3, 0.4) is 0 Å². The molecular formula is C15H18N2O8S. The number of nitrogens with zero attached hydrogens (tertiary/aromatic N) is 1. The van der Waals surface area contributed by atoms with Crippen molar-refractivity contribution >= 4 is 38.7 Å². The molecule has 0 bridgehead atoms. The predicted molar refractivity (Wildman–Crippen MR) is 91.4 cm³/mol. The van der Waals surface area contributed by atoms with E-state index in [1.54, 1.807) is 20.8 Å². The lowest BCUT2D eigenvalue weighted by molar-refractivity contribution is -0.151. The molecule has 0 fully saturated rings. The highest BCUT2D eigenvalue weighted by Gasteiger charge is 2.23. The van der Waals surface area contributed by atoms with Crippen LogP contribution < -0.4 is 10.5 Å². The first-order valence-electron chi connectivity index (χ1n) is 7.44. The fraction of sp³-hybridized carbons (Fsp3) is 0.400. The van der Waals surface area contributed by atoms with Crippen molar-refractivity contribution < 1.29 is 32.3 Å². The van der Waals surface area contributed by atoms with Crippen molar-refractivity contribution in [1.29, 1.82) is 0 Å². The maximum Gasteiger partial charge on any atom is 0.420 e. The van der Waals surface area contributed by atoms with E-state index in [1.165, 1.54) is 18.2 Å². The van der Waals surface area contributed by atoms with Gasteiger partial charge in [-0.1, -0.05) is 0 Å². The molecule has 142 valence electrons. The highest BCUT2D eigenvalue weighted by molar-refractivity contribution is 7.93. The first-order valence-corrected chi connectivity index (χ1v) is 9.09. The molecule has 0 spiro atoms. The first kappa shape index (κ1) is 19.5. The van der Waals surface area contributed by atoms with Crippen molar-refractivity contribution in [3.05, 3.63) is 28.7 Å². The van der Waals surface area contributed by atoms with E-state index < -0.39 is 45.6 Å². The Bertz CT molecular complexity index is 1010. The number of hydrogen-bond donors (Lipinski definition) is 2. The zero-order valence-corrected chi connectivity index (χ0v) is 15.1. The van der Waals surface area contributed by atoms with Crippen LogP contribution in [-0.4, -0.2) is 41.4 Å². The van der Waals surface area contributed by atoms with Crippen LogP contribution in [0.25, 0.3) is 11.1 Å². The van der Waals surface area contributed by atoms with Crippen LogP contribution in [0.1, 0.15) is 20.8 Å². The van der Waals surface area contributed by atoms with Crippen molar-refractivity contribution in [2.45, 2.75) is 32.9 Å². The number of aromatic nitrogens is 1. The number of carboxylic acid groups (broad SMARTS) is 1. The van der Waals surface area contributed by atoms with Gasteiger partial charge in [0.1, 0.15) is 12.1 Å². The monoisotopic (exact) mass is 386 g/mol. The summed E-state index contributed by atoms with van der Waals surface area (Å²) in [6, 6.07) is 3.89. The summed E-state index contributed by atoms with van der Waals surface area (Å²) < 4.78 is 37.1. The van der Waals surface area contributed by atoms with Crippen molar-refractivity contribution in [1.82, 2.24) is 4.57 Å². The van der Waals surface area contributed by atoms with E-state index in [4.69, 9.17) is 14.3 Å². The Morgan fingerprint density at radius 1 is 1.31 bits per heavy atom. The minimum Gasteiger partial charge on any atom is -0.480 e. The lowest BCUT2D eigenvalue weighted by Gasteiger charge is -2.19. The molecule has 2 N–H and O–H groups in total. The number of nitrogens with one attached hydrogen (secondary N) is 1. The van der Waals surface area contributed by atoms with Gasteiger partial charge in [0.2, 0.25) is 10.0 Å². The van der Waals surface area contributed by atoms with Gasteiger partial charge >= 0.3 is 17.7 Å². The molecule has 0 saturated heterocycles. The number of fused-ring (bicyclic) bond motifs is 1. The van der Waals surface area contributed by atoms with Gasteiger partial charge in [-0.05, 0) is 32.9 Å². The maximum absolute atomic E-state index is 12.1. The number of carbonyl (C=O) groups excluding carboxylic acids is 1. The second kappa shape index (κ2) is 6.83. The molecule has 0 radical (unpaired) electrons. The molecular weight excluding hydrogens is 368 g/mol. The van der Waals surface area contributed by atoms with Gasteiger partial charge in [0, 0.05) is 6.07 Å². The van der Waals surface area contributed by atoms with Crippen LogP contribution in [0.4, 0.5) is 5.69 Å². The third-order valence-electron chi connectivity index (χ3n) is 2.96. The molecule has 0 unspecified atom stereocenters. The predicted octanol–water partition coefficient (Wildman–Crippen LogP) is 0.762. The average Bonchev–Trinajstić information content (AvgIpc) is 2.70. The third kappa shape index (κ3) is 5.09. The molecule has 10 nitrogen and oxygen atoms in total. The molecule has 0 aliphatic rings. The van der Waals surface area contributed by atoms with E-state index in [0.717, 1.165) is 4.57 Å². The Labute approximate surface area is 148 Å². The fourth-order valence-electron chi connectivity index (χ4n) is 2.16. The van der Waals surface area contributed by atoms with Gasteiger partial charge < -0.3 is 14.3 Å². The minimum atomic E-state index is -4.04. The molecule has 0 saturated carbocycles. The van der Waals surface area contributed by atoms with E-state index >= 15 is 0 Å². The fourth-order valence-corrected chi connectivity index (χ4v) is 3.08. The number of anilines is 1. The largest absolute Gasteiger partial charge is 0.480 e. The second-order valence-corrected chi connectivity index (χ2v) is 8.20. The Morgan fingerprint density at radius 3 is 2.54 bits per heavy atom. The van der Waals surface area contributed by atoms with E-state index in [9.17, 15) is 22.8 Å². The second-order valence-electron chi connectivity index (χ2n) is 6.48. The summed E-state index contributed by atoms with van der Waals surface area (Å²) in [5.41, 5.74) is -0.555. The topological polar surface area (TPSA) is 145 Å². The lowest BCUT2D eigenvalue weighted by atomic mass is 10.2. The molecule has 26 heavy (non-hydrogen) atoms. The van der Waals surface area contributed by atoms with Crippen molar-refractivity contribution in [3.8, 4) is 0 Å². The number of ether oxygens (including phenoxy) is 1. The summed E-state index contributed by atoms with van der Waals surface area (Å²) in [5.74, 6) is -3.90. The number of aliphatic carboxylic acids is 1. The Hall–Kier alpha value is -2.82. The smallest absolute Gasteiger partial charge is 0.420 e. The normalized spacial score (nSPS) is 12.1. The van der Waals surface area contributed by atoms with Crippen molar-refractivity contribution in [2.24, 2.45) is 0 Å². The van der Waals surface area contributed by atoms with E-state index in [1.807, 2.05) is 0 Å². The SMILES string of the molecule is CC(C)(C)OC(=O)CS(=O)(=O)Nc1ccc2c(c1)oc(=O)n2CC(=O)O. The molecule has 0 aliphatic heterocycles. The van der Waals surface area contributed by atoms with Gasteiger partial charge in [0.25, 0.3) is 0 Å². The zero-order valence-electron chi connectivity index (χ0n) is 14.3. The number of rotatable bonds is 6. The summed E-state index contributed by atoms with van der Waals surface area (Å²) in [6.45, 7) is 4.25. The highest BCUT2D eigenvalue weighted by Crippen LogP contribution is 2.20. The quantitative estimate of drug-likeness (QED) is 0.692.